The van der Waals surface area contributed by atoms with Gasteiger partial charge in [-0.2, -0.15) is 4.31 Å². The summed E-state index contributed by atoms with van der Waals surface area (Å²) in [6.45, 7) is 5.51. The number of carbonyl (C=O) groups is 2. The molecule has 2 N–H and O–H groups in total. The van der Waals surface area contributed by atoms with Crippen LogP contribution in [0.5, 0.6) is 0 Å². The number of sulfonamides is 1. The first-order valence-corrected chi connectivity index (χ1v) is 13.8. The Kier molecular flexibility index (Phi) is 10.0. The minimum Gasteiger partial charge on any atom is -0.383 e. The maximum Gasteiger partial charge on any atom is 0.247 e. The number of methoxy groups -OCH3 is 1. The number of ketones is 1. The molecule has 10 nitrogen and oxygen atoms in total. The molecule has 2 fully saturated rings. The average molecular weight is 511 g/mol. The molecule has 2 aliphatic rings. The van der Waals surface area contributed by atoms with E-state index in [1.54, 1.807) is 12.6 Å². The minimum absolute atomic E-state index is 0.148. The van der Waals surface area contributed by atoms with E-state index in [0.717, 1.165) is 18.5 Å². The van der Waals surface area contributed by atoms with Crippen molar-refractivity contribution in [3.63, 3.8) is 0 Å². The van der Waals surface area contributed by atoms with Crippen LogP contribution in [0.4, 0.5) is 5.69 Å². The highest BCUT2D eigenvalue weighted by atomic mass is 32.2. The van der Waals surface area contributed by atoms with Crippen LogP contribution < -0.4 is 10.4 Å². The maximum atomic E-state index is 13.5. The van der Waals surface area contributed by atoms with Gasteiger partial charge in [0, 0.05) is 70.6 Å². The van der Waals surface area contributed by atoms with E-state index in [-0.39, 0.29) is 12.2 Å². The standard InChI is InChI=1S/C24H38N4O6S/c1-3-4-5-23(29)19-6-8-21(9-7-19)27-10-12-28(13-11-27)35(32,33)22-16-20(24(30)25-31)17-26(18-22)14-15-34-2/h6-9,20,22,31H,3-5,10-18H2,1-2H3,(H,25,30). The maximum absolute atomic E-state index is 13.5. The van der Waals surface area contributed by atoms with Crippen molar-refractivity contribution in [2.75, 3.05) is 64.4 Å². The monoisotopic (exact) mass is 510 g/mol. The Balaban J connectivity index is 1.62. The quantitative estimate of drug-likeness (QED) is 0.260. The van der Waals surface area contributed by atoms with E-state index >= 15 is 0 Å². The molecule has 0 aromatic heterocycles. The largest absolute Gasteiger partial charge is 0.383 e. The number of benzene rings is 1. The molecular weight excluding hydrogens is 472 g/mol. The number of amides is 1. The molecule has 1 aromatic carbocycles. The summed E-state index contributed by atoms with van der Waals surface area (Å²) in [6, 6.07) is 7.55. The van der Waals surface area contributed by atoms with E-state index in [0.29, 0.717) is 64.4 Å². The smallest absolute Gasteiger partial charge is 0.247 e. The highest BCUT2D eigenvalue weighted by molar-refractivity contribution is 7.89. The van der Waals surface area contributed by atoms with E-state index in [2.05, 4.69) is 11.8 Å². The van der Waals surface area contributed by atoms with Crippen molar-refractivity contribution in [1.82, 2.24) is 14.7 Å². The summed E-state index contributed by atoms with van der Waals surface area (Å²) in [7, 11) is -2.06. The third-order valence-corrected chi connectivity index (χ3v) is 9.18. The van der Waals surface area contributed by atoms with Crippen LogP contribution in [0.1, 0.15) is 43.0 Å². The van der Waals surface area contributed by atoms with Gasteiger partial charge in [0.05, 0.1) is 17.8 Å². The summed E-state index contributed by atoms with van der Waals surface area (Å²) in [5.74, 6) is -1.02. The fraction of sp³-hybridized carbons (Fsp3) is 0.667. The molecule has 1 amide bonds. The molecule has 0 radical (unpaired) electrons. The number of likely N-dealkylation sites (tertiary alicyclic amines) is 1. The third-order valence-electron chi connectivity index (χ3n) is 6.91. The summed E-state index contributed by atoms with van der Waals surface area (Å²) < 4.78 is 33.6. The first-order chi connectivity index (χ1) is 16.8. The van der Waals surface area contributed by atoms with Crippen molar-refractivity contribution in [3.05, 3.63) is 29.8 Å². The average Bonchev–Trinajstić information content (AvgIpc) is 2.90. The molecule has 2 heterocycles. The molecule has 2 unspecified atom stereocenters. The van der Waals surface area contributed by atoms with Gasteiger partial charge in [0.15, 0.2) is 5.78 Å². The van der Waals surface area contributed by atoms with Gasteiger partial charge in [-0.25, -0.2) is 13.9 Å². The van der Waals surface area contributed by atoms with E-state index in [1.165, 1.54) is 4.31 Å². The molecule has 0 aliphatic carbocycles. The summed E-state index contributed by atoms with van der Waals surface area (Å²) in [5.41, 5.74) is 3.35. The number of hydroxylamine groups is 1. The number of Topliss-reactive ketones (excluding diaryl/α,β-unsaturated/α-hetero) is 1. The highest BCUT2D eigenvalue weighted by Gasteiger charge is 2.41. The molecule has 0 saturated carbocycles. The van der Waals surface area contributed by atoms with Gasteiger partial charge in [0.25, 0.3) is 0 Å². The molecule has 0 spiro atoms. The van der Waals surface area contributed by atoms with Crippen LogP contribution in [-0.2, 0) is 19.6 Å². The molecular formula is C24H38N4O6S. The molecule has 11 heteroatoms. The first kappa shape index (κ1) is 27.5. The number of nitrogens with zero attached hydrogens (tertiary/aromatic N) is 3. The van der Waals surface area contributed by atoms with Gasteiger partial charge >= 0.3 is 0 Å². The SMILES string of the molecule is CCCCC(=O)c1ccc(N2CCN(S(=O)(=O)C3CC(C(=O)NO)CN(CCOC)C3)CC2)cc1. The zero-order valence-electron chi connectivity index (χ0n) is 20.7. The number of hydrogen-bond donors (Lipinski definition) is 2. The lowest BCUT2D eigenvalue weighted by atomic mass is 9.97. The summed E-state index contributed by atoms with van der Waals surface area (Å²) in [5, 5.41) is 8.36. The molecule has 1 aromatic rings. The fourth-order valence-electron chi connectivity index (χ4n) is 4.79. The predicted octanol–water partition coefficient (Wildman–Crippen LogP) is 1.35. The van der Waals surface area contributed by atoms with Gasteiger partial charge < -0.3 is 9.64 Å². The number of unbranched alkanes of at least 4 members (excludes halogenated alkanes) is 1. The van der Waals surface area contributed by atoms with Crippen molar-refractivity contribution < 1.29 is 28.0 Å². The number of anilines is 1. The van der Waals surface area contributed by atoms with E-state index in [1.807, 2.05) is 29.2 Å². The number of nitrogens with one attached hydrogen (secondary N) is 1. The topological polar surface area (TPSA) is 119 Å². The zero-order valence-corrected chi connectivity index (χ0v) is 21.5. The lowest BCUT2D eigenvalue weighted by Gasteiger charge is -2.41. The van der Waals surface area contributed by atoms with Gasteiger partial charge in [0.2, 0.25) is 15.9 Å². The Morgan fingerprint density at radius 3 is 2.40 bits per heavy atom. The molecule has 35 heavy (non-hydrogen) atoms. The number of ether oxygens (including phenoxy) is 1. The molecule has 196 valence electrons. The Labute approximate surface area is 208 Å². The molecule has 2 atom stereocenters. The second kappa shape index (κ2) is 12.8. The van der Waals surface area contributed by atoms with Crippen molar-refractivity contribution in [2.24, 2.45) is 5.92 Å². The third kappa shape index (κ3) is 7.01. The van der Waals surface area contributed by atoms with E-state index in [9.17, 15) is 18.0 Å². The summed E-state index contributed by atoms with van der Waals surface area (Å²) in [4.78, 5) is 28.4. The lowest BCUT2D eigenvalue weighted by molar-refractivity contribution is -0.135. The van der Waals surface area contributed by atoms with E-state index < -0.39 is 27.1 Å². The van der Waals surface area contributed by atoms with Crippen LogP contribution in [0.2, 0.25) is 0 Å². The molecule has 2 aliphatic heterocycles. The van der Waals surface area contributed by atoms with Crippen LogP contribution in [0.15, 0.2) is 24.3 Å². The second-order valence-electron chi connectivity index (χ2n) is 9.29. The van der Waals surface area contributed by atoms with Crippen molar-refractivity contribution in [1.29, 1.82) is 0 Å². The highest BCUT2D eigenvalue weighted by Crippen LogP contribution is 2.27. The van der Waals surface area contributed by atoms with Crippen LogP contribution >= 0.6 is 0 Å². The van der Waals surface area contributed by atoms with Crippen LogP contribution in [-0.4, -0.2) is 99.3 Å². The Morgan fingerprint density at radius 2 is 1.80 bits per heavy atom. The number of rotatable bonds is 11. The van der Waals surface area contributed by atoms with Crippen molar-refractivity contribution in [2.45, 2.75) is 37.9 Å². The number of carbonyl (C=O) groups excluding carboxylic acids is 2. The van der Waals surface area contributed by atoms with Crippen molar-refractivity contribution in [3.8, 4) is 0 Å². The minimum atomic E-state index is -3.63. The molecule has 3 rings (SSSR count). The van der Waals surface area contributed by atoms with Crippen LogP contribution in [0.25, 0.3) is 0 Å². The zero-order chi connectivity index (χ0) is 25.4. The Morgan fingerprint density at radius 1 is 1.11 bits per heavy atom. The van der Waals surface area contributed by atoms with Gasteiger partial charge in [-0.15, -0.1) is 0 Å². The second-order valence-corrected chi connectivity index (χ2v) is 11.5. The summed E-state index contributed by atoms with van der Waals surface area (Å²) in [6.07, 6.45) is 2.59. The Hall–Kier alpha value is -2.05. The number of piperidine rings is 1. The van der Waals surface area contributed by atoms with Crippen molar-refractivity contribution >= 4 is 27.4 Å². The Bertz CT molecular complexity index is 947. The molecule has 2 saturated heterocycles. The normalized spacial score (nSPS) is 22.2. The first-order valence-electron chi connectivity index (χ1n) is 12.3. The lowest BCUT2D eigenvalue weighted by Crippen LogP contribution is -2.56. The number of hydrogen-bond acceptors (Lipinski definition) is 8. The number of piperazine rings is 1. The van der Waals surface area contributed by atoms with Crippen LogP contribution in [0, 0.1) is 5.92 Å². The van der Waals surface area contributed by atoms with Gasteiger partial charge in [0.1, 0.15) is 0 Å². The predicted molar refractivity (Wildman–Crippen MR) is 133 cm³/mol. The van der Waals surface area contributed by atoms with E-state index in [4.69, 9.17) is 9.94 Å². The van der Waals surface area contributed by atoms with Crippen LogP contribution in [0.3, 0.4) is 0 Å². The summed E-state index contributed by atoms with van der Waals surface area (Å²) >= 11 is 0. The van der Waals surface area contributed by atoms with Gasteiger partial charge in [-0.3, -0.25) is 19.7 Å². The van der Waals surface area contributed by atoms with Gasteiger partial charge in [-0.05, 0) is 37.1 Å². The molecule has 0 bridgehead atoms. The van der Waals surface area contributed by atoms with Gasteiger partial charge in [-0.1, -0.05) is 13.3 Å². The fourth-order valence-corrected chi connectivity index (χ4v) is 6.76.